The van der Waals surface area contributed by atoms with Crippen molar-refractivity contribution < 1.29 is 9.90 Å². The monoisotopic (exact) mass is 248 g/mol. The molecule has 6 heteroatoms. The van der Waals surface area contributed by atoms with E-state index in [9.17, 15) is 4.79 Å². The first-order valence-corrected chi connectivity index (χ1v) is 6.48. The highest BCUT2D eigenvalue weighted by atomic mass is 32.2. The quantitative estimate of drug-likeness (QED) is 0.738. The summed E-state index contributed by atoms with van der Waals surface area (Å²) < 4.78 is 0.555. The number of carbonyl (C=O) groups is 1. The Morgan fingerprint density at radius 1 is 1.33 bits per heavy atom. The molecule has 0 spiro atoms. The third-order valence-corrected chi connectivity index (χ3v) is 3.37. The van der Waals surface area contributed by atoms with Crippen LogP contribution in [0.2, 0.25) is 0 Å². The number of thioether (sulfide) groups is 1. The molecule has 1 aliphatic rings. The van der Waals surface area contributed by atoms with E-state index in [1.165, 1.54) is 25.7 Å². The Hall–Kier alpha value is -0.330. The van der Waals surface area contributed by atoms with Gasteiger partial charge in [-0.05, 0) is 12.8 Å². The van der Waals surface area contributed by atoms with Gasteiger partial charge < -0.3 is 10.5 Å². The second kappa shape index (κ2) is 7.03. The summed E-state index contributed by atoms with van der Waals surface area (Å²) in [5.41, 5.74) is 3.08. The van der Waals surface area contributed by atoms with Gasteiger partial charge in [-0.15, -0.1) is 0 Å². The maximum absolute atomic E-state index is 10.3. The van der Waals surface area contributed by atoms with Crippen LogP contribution in [0.1, 0.15) is 25.7 Å². The first kappa shape index (κ1) is 12.7. The fourth-order valence-electron chi connectivity index (χ4n) is 1.47. The number of hydrogen-bond acceptors (Lipinski definition) is 4. The SMILES string of the molecule is O=C(O)CSC(=S)NN1CCCCCC1. The third-order valence-electron chi connectivity index (χ3n) is 2.18. The fraction of sp³-hybridized carbons (Fsp3) is 0.778. The van der Waals surface area contributed by atoms with E-state index in [1.54, 1.807) is 0 Å². The number of nitrogens with zero attached hydrogens (tertiary/aromatic N) is 1. The second-order valence-electron chi connectivity index (χ2n) is 3.48. The molecule has 1 saturated heterocycles. The number of thiocarbonyl (C=S) groups is 1. The summed E-state index contributed by atoms with van der Waals surface area (Å²) in [7, 11) is 0. The van der Waals surface area contributed by atoms with Crippen molar-refractivity contribution in [1.29, 1.82) is 0 Å². The number of nitrogens with one attached hydrogen (secondary N) is 1. The molecule has 1 rings (SSSR count). The summed E-state index contributed by atoms with van der Waals surface area (Å²) in [5.74, 6) is -0.806. The zero-order chi connectivity index (χ0) is 11.1. The van der Waals surface area contributed by atoms with E-state index in [4.69, 9.17) is 17.3 Å². The van der Waals surface area contributed by atoms with Gasteiger partial charge in [0.25, 0.3) is 0 Å². The molecule has 1 fully saturated rings. The Balaban J connectivity index is 2.20. The molecule has 0 unspecified atom stereocenters. The van der Waals surface area contributed by atoms with E-state index in [0.717, 1.165) is 24.9 Å². The van der Waals surface area contributed by atoms with E-state index in [-0.39, 0.29) is 5.75 Å². The van der Waals surface area contributed by atoms with Crippen LogP contribution in [0.25, 0.3) is 0 Å². The molecule has 0 saturated carbocycles. The van der Waals surface area contributed by atoms with Crippen molar-refractivity contribution in [2.45, 2.75) is 25.7 Å². The molecule has 0 radical (unpaired) electrons. The Morgan fingerprint density at radius 2 is 1.93 bits per heavy atom. The van der Waals surface area contributed by atoms with Gasteiger partial charge in [0.05, 0.1) is 5.75 Å². The van der Waals surface area contributed by atoms with Crippen molar-refractivity contribution in [2.24, 2.45) is 0 Å². The molecule has 4 nitrogen and oxygen atoms in total. The van der Waals surface area contributed by atoms with Crippen LogP contribution in [0.4, 0.5) is 0 Å². The van der Waals surface area contributed by atoms with E-state index < -0.39 is 5.97 Å². The molecule has 0 aliphatic carbocycles. The normalized spacial score (nSPS) is 18.1. The maximum atomic E-state index is 10.3. The summed E-state index contributed by atoms with van der Waals surface area (Å²) in [6.07, 6.45) is 4.90. The van der Waals surface area contributed by atoms with Crippen molar-refractivity contribution in [3.63, 3.8) is 0 Å². The average Bonchev–Trinajstić information content (AvgIpc) is 2.43. The molecule has 0 amide bonds. The smallest absolute Gasteiger partial charge is 0.313 e. The zero-order valence-corrected chi connectivity index (χ0v) is 10.2. The van der Waals surface area contributed by atoms with Gasteiger partial charge in [0.1, 0.15) is 4.32 Å². The van der Waals surface area contributed by atoms with Crippen LogP contribution in [-0.2, 0) is 4.79 Å². The number of carboxylic acid groups (broad SMARTS) is 1. The Kier molecular flexibility index (Phi) is 5.97. The Morgan fingerprint density at radius 3 is 2.47 bits per heavy atom. The summed E-state index contributed by atoms with van der Waals surface area (Å²) in [6, 6.07) is 0. The lowest BCUT2D eigenvalue weighted by molar-refractivity contribution is -0.133. The summed E-state index contributed by atoms with van der Waals surface area (Å²) in [5, 5.41) is 10.6. The lowest BCUT2D eigenvalue weighted by Crippen LogP contribution is -2.41. The van der Waals surface area contributed by atoms with Crippen molar-refractivity contribution in [2.75, 3.05) is 18.8 Å². The maximum Gasteiger partial charge on any atom is 0.313 e. The van der Waals surface area contributed by atoms with Crippen molar-refractivity contribution >= 4 is 34.3 Å². The number of rotatable bonds is 3. The molecule has 1 aliphatic heterocycles. The van der Waals surface area contributed by atoms with E-state index in [1.807, 2.05) is 0 Å². The minimum absolute atomic E-state index is 0.0275. The van der Waals surface area contributed by atoms with Gasteiger partial charge in [-0.1, -0.05) is 36.8 Å². The average molecular weight is 248 g/mol. The molecule has 86 valence electrons. The van der Waals surface area contributed by atoms with Gasteiger partial charge >= 0.3 is 5.97 Å². The van der Waals surface area contributed by atoms with Crippen LogP contribution < -0.4 is 5.43 Å². The molecule has 1 heterocycles. The summed E-state index contributed by atoms with van der Waals surface area (Å²) >= 11 is 6.21. The first-order valence-electron chi connectivity index (χ1n) is 5.08. The van der Waals surface area contributed by atoms with Crippen LogP contribution in [-0.4, -0.2) is 39.2 Å². The van der Waals surface area contributed by atoms with E-state index in [0.29, 0.717) is 4.32 Å². The molecule has 0 aromatic rings. The van der Waals surface area contributed by atoms with Gasteiger partial charge in [-0.2, -0.15) is 0 Å². The molecule has 0 aromatic carbocycles. The van der Waals surface area contributed by atoms with Crippen molar-refractivity contribution in [1.82, 2.24) is 10.4 Å². The molecule has 0 bridgehead atoms. The van der Waals surface area contributed by atoms with Crippen LogP contribution >= 0.6 is 24.0 Å². The predicted octanol–water partition coefficient (Wildman–Crippen LogP) is 1.47. The molecule has 2 N–H and O–H groups in total. The van der Waals surface area contributed by atoms with Crippen LogP contribution in [0.5, 0.6) is 0 Å². The largest absolute Gasteiger partial charge is 0.481 e. The van der Waals surface area contributed by atoms with Crippen LogP contribution in [0, 0.1) is 0 Å². The number of hydrogen-bond donors (Lipinski definition) is 2. The highest BCUT2D eigenvalue weighted by molar-refractivity contribution is 8.23. The Labute approximate surface area is 99.4 Å². The number of aliphatic carboxylic acids is 1. The molecule has 0 atom stereocenters. The van der Waals surface area contributed by atoms with Gasteiger partial charge in [-0.25, -0.2) is 5.01 Å². The standard InChI is InChI=1S/C9H16N2O2S2/c12-8(13)7-15-9(14)10-11-5-3-1-2-4-6-11/h1-7H2,(H,10,14)(H,12,13). The number of carboxylic acids is 1. The van der Waals surface area contributed by atoms with Gasteiger partial charge in [0, 0.05) is 13.1 Å². The van der Waals surface area contributed by atoms with Gasteiger partial charge in [-0.3, -0.25) is 4.79 Å². The topological polar surface area (TPSA) is 52.6 Å². The van der Waals surface area contributed by atoms with E-state index in [2.05, 4.69) is 10.4 Å². The predicted molar refractivity (Wildman–Crippen MR) is 65.9 cm³/mol. The Bertz CT molecular complexity index is 228. The third kappa shape index (κ3) is 5.96. The van der Waals surface area contributed by atoms with Gasteiger partial charge in [0.2, 0.25) is 0 Å². The number of hydrazine groups is 1. The molecular weight excluding hydrogens is 232 g/mol. The molecule has 0 aromatic heterocycles. The summed E-state index contributed by atoms with van der Waals surface area (Å²) in [6.45, 7) is 1.99. The van der Waals surface area contributed by atoms with Crippen LogP contribution in [0.15, 0.2) is 0 Å². The summed E-state index contributed by atoms with van der Waals surface area (Å²) in [4.78, 5) is 10.3. The molecular formula is C9H16N2O2S2. The van der Waals surface area contributed by atoms with E-state index >= 15 is 0 Å². The molecule has 15 heavy (non-hydrogen) atoms. The zero-order valence-electron chi connectivity index (χ0n) is 8.57. The van der Waals surface area contributed by atoms with Crippen LogP contribution in [0.3, 0.4) is 0 Å². The van der Waals surface area contributed by atoms with Gasteiger partial charge in [0.15, 0.2) is 0 Å². The van der Waals surface area contributed by atoms with Crippen molar-refractivity contribution in [3.8, 4) is 0 Å². The lowest BCUT2D eigenvalue weighted by Gasteiger charge is -2.21. The van der Waals surface area contributed by atoms with Crippen molar-refractivity contribution in [3.05, 3.63) is 0 Å². The lowest BCUT2D eigenvalue weighted by atomic mass is 10.2. The minimum Gasteiger partial charge on any atom is -0.481 e. The highest BCUT2D eigenvalue weighted by Gasteiger charge is 2.10. The second-order valence-corrected chi connectivity index (χ2v) is 5.14. The first-order chi connectivity index (χ1) is 7.18. The highest BCUT2D eigenvalue weighted by Crippen LogP contribution is 2.09. The minimum atomic E-state index is -0.833. The fourth-order valence-corrected chi connectivity index (χ4v) is 2.23.